The molecule has 118 valence electrons. The molecule has 0 aliphatic rings. The number of nitrogens with one attached hydrogen (secondary N) is 1. The molecule has 25 heavy (non-hydrogen) atoms. The summed E-state index contributed by atoms with van der Waals surface area (Å²) in [6.07, 6.45) is 1.63. The van der Waals surface area contributed by atoms with Crippen molar-refractivity contribution in [1.29, 1.82) is 5.26 Å². The van der Waals surface area contributed by atoms with E-state index in [2.05, 4.69) is 40.6 Å². The third-order valence-corrected chi connectivity index (χ3v) is 4.14. The fraction of sp³-hybridized carbons (Fsp3) is 0. The molecule has 0 spiro atoms. The summed E-state index contributed by atoms with van der Waals surface area (Å²) >= 11 is 0. The molecule has 3 aromatic carbocycles. The molecule has 1 heterocycles. The average molecular weight is 321 g/mol. The van der Waals surface area contributed by atoms with E-state index in [9.17, 15) is 5.26 Å². The first-order valence-corrected chi connectivity index (χ1v) is 8.05. The number of nitriles is 1. The van der Waals surface area contributed by atoms with Crippen LogP contribution in [0, 0.1) is 11.3 Å². The van der Waals surface area contributed by atoms with Gasteiger partial charge in [0.25, 0.3) is 0 Å². The zero-order valence-electron chi connectivity index (χ0n) is 13.5. The van der Waals surface area contributed by atoms with Gasteiger partial charge in [0.15, 0.2) is 0 Å². The van der Waals surface area contributed by atoms with Crippen LogP contribution in [0.2, 0.25) is 0 Å². The zero-order chi connectivity index (χ0) is 17.1. The summed E-state index contributed by atoms with van der Waals surface area (Å²) in [5, 5.41) is 13.8. The summed E-state index contributed by atoms with van der Waals surface area (Å²) < 4.78 is 0. The van der Waals surface area contributed by atoms with Gasteiger partial charge in [0.1, 0.15) is 6.07 Å². The minimum Gasteiger partial charge on any atom is -0.354 e. The molecule has 4 aromatic rings. The minimum absolute atomic E-state index is 0.531. The molecule has 0 atom stereocenters. The van der Waals surface area contributed by atoms with Crippen molar-refractivity contribution in [3.8, 4) is 17.2 Å². The molecule has 0 amide bonds. The summed E-state index contributed by atoms with van der Waals surface area (Å²) in [6.45, 7) is 0. The standard InChI is InChI=1S/C22H15N3/c23-14-18-15-24-21-13-17(16-7-3-1-4-8-16)11-12-20(21)22(18)25-19-9-5-2-6-10-19/h1-13,15H,(H,24,25). The molecule has 0 unspecified atom stereocenters. The van der Waals surface area contributed by atoms with Gasteiger partial charge in [0.05, 0.1) is 16.8 Å². The van der Waals surface area contributed by atoms with Gasteiger partial charge in [-0.25, -0.2) is 0 Å². The number of hydrogen-bond acceptors (Lipinski definition) is 3. The van der Waals surface area contributed by atoms with Crippen LogP contribution in [0.15, 0.2) is 85.1 Å². The van der Waals surface area contributed by atoms with Gasteiger partial charge in [-0.05, 0) is 29.3 Å². The summed E-state index contributed by atoms with van der Waals surface area (Å²) in [5.41, 5.74) is 5.38. The number of nitrogens with zero attached hydrogens (tertiary/aromatic N) is 2. The lowest BCUT2D eigenvalue weighted by molar-refractivity contribution is 1.36. The minimum atomic E-state index is 0.531. The maximum absolute atomic E-state index is 9.46. The first-order valence-electron chi connectivity index (χ1n) is 8.05. The predicted octanol–water partition coefficient (Wildman–Crippen LogP) is 5.52. The highest BCUT2D eigenvalue weighted by molar-refractivity contribution is 5.97. The molecular weight excluding hydrogens is 306 g/mol. The fourth-order valence-electron chi connectivity index (χ4n) is 2.89. The Bertz CT molecular complexity index is 1060. The molecule has 0 bridgehead atoms. The van der Waals surface area contributed by atoms with Gasteiger partial charge in [-0.15, -0.1) is 0 Å². The molecular formula is C22H15N3. The Morgan fingerprint density at radius 2 is 1.52 bits per heavy atom. The maximum Gasteiger partial charge on any atom is 0.103 e. The Labute approximate surface area is 146 Å². The Morgan fingerprint density at radius 3 is 2.24 bits per heavy atom. The summed E-state index contributed by atoms with van der Waals surface area (Å²) in [7, 11) is 0. The fourth-order valence-corrected chi connectivity index (χ4v) is 2.89. The van der Waals surface area contributed by atoms with Gasteiger partial charge in [0.2, 0.25) is 0 Å². The first kappa shape index (κ1) is 14.9. The Hall–Kier alpha value is -3.64. The highest BCUT2D eigenvalue weighted by Gasteiger charge is 2.10. The second kappa shape index (κ2) is 6.46. The maximum atomic E-state index is 9.46. The van der Waals surface area contributed by atoms with Crippen molar-refractivity contribution < 1.29 is 0 Å². The summed E-state index contributed by atoms with van der Waals surface area (Å²) in [4.78, 5) is 4.48. The molecule has 0 saturated heterocycles. The lowest BCUT2D eigenvalue weighted by atomic mass is 10.0. The number of benzene rings is 3. The van der Waals surface area contributed by atoms with Gasteiger partial charge >= 0.3 is 0 Å². The smallest absolute Gasteiger partial charge is 0.103 e. The quantitative estimate of drug-likeness (QED) is 0.540. The summed E-state index contributed by atoms with van der Waals surface area (Å²) in [6, 6.07) is 28.4. The van der Waals surface area contributed by atoms with Crippen LogP contribution in [0.5, 0.6) is 0 Å². The lowest BCUT2D eigenvalue weighted by Crippen LogP contribution is -1.96. The van der Waals surface area contributed by atoms with Crippen molar-refractivity contribution in [1.82, 2.24) is 4.98 Å². The number of pyridine rings is 1. The Morgan fingerprint density at radius 1 is 0.800 bits per heavy atom. The van der Waals surface area contributed by atoms with Crippen molar-refractivity contribution in [3.63, 3.8) is 0 Å². The number of rotatable bonds is 3. The van der Waals surface area contributed by atoms with Gasteiger partial charge in [-0.3, -0.25) is 4.98 Å². The molecule has 4 rings (SSSR count). The van der Waals surface area contributed by atoms with Gasteiger partial charge < -0.3 is 5.32 Å². The number of hydrogen-bond donors (Lipinski definition) is 1. The third kappa shape index (κ3) is 2.93. The van der Waals surface area contributed by atoms with Crippen LogP contribution in [0.4, 0.5) is 11.4 Å². The van der Waals surface area contributed by atoms with E-state index < -0.39 is 0 Å². The molecule has 1 N–H and O–H groups in total. The van der Waals surface area contributed by atoms with Gasteiger partial charge in [-0.1, -0.05) is 60.7 Å². The topological polar surface area (TPSA) is 48.7 Å². The molecule has 0 saturated carbocycles. The number of anilines is 2. The molecule has 1 aromatic heterocycles. The highest BCUT2D eigenvalue weighted by Crippen LogP contribution is 2.31. The highest BCUT2D eigenvalue weighted by atomic mass is 14.9. The van der Waals surface area contributed by atoms with E-state index in [0.29, 0.717) is 5.56 Å². The van der Waals surface area contributed by atoms with Gasteiger partial charge in [0, 0.05) is 17.3 Å². The normalized spacial score (nSPS) is 10.4. The van der Waals surface area contributed by atoms with E-state index >= 15 is 0 Å². The van der Waals surface area contributed by atoms with Crippen molar-refractivity contribution >= 4 is 22.3 Å². The van der Waals surface area contributed by atoms with E-state index in [1.807, 2.05) is 54.6 Å². The molecule has 3 heteroatoms. The Kier molecular flexibility index (Phi) is 3.86. The largest absolute Gasteiger partial charge is 0.354 e. The molecule has 3 nitrogen and oxygen atoms in total. The molecule has 0 aliphatic heterocycles. The predicted molar refractivity (Wildman–Crippen MR) is 102 cm³/mol. The second-order valence-electron chi connectivity index (χ2n) is 5.75. The first-order chi connectivity index (χ1) is 12.3. The van der Waals surface area contributed by atoms with Crippen LogP contribution < -0.4 is 5.32 Å². The van der Waals surface area contributed by atoms with Crippen molar-refractivity contribution in [2.75, 3.05) is 5.32 Å². The van der Waals surface area contributed by atoms with E-state index in [4.69, 9.17) is 0 Å². The van der Waals surface area contributed by atoms with Crippen LogP contribution >= 0.6 is 0 Å². The van der Waals surface area contributed by atoms with Crippen molar-refractivity contribution in [2.45, 2.75) is 0 Å². The number of aromatic nitrogens is 1. The van der Waals surface area contributed by atoms with Crippen molar-refractivity contribution in [2.24, 2.45) is 0 Å². The SMILES string of the molecule is N#Cc1cnc2cc(-c3ccccc3)ccc2c1Nc1ccccc1. The van der Waals surface area contributed by atoms with Crippen LogP contribution in [0.3, 0.4) is 0 Å². The number of fused-ring (bicyclic) bond motifs is 1. The monoisotopic (exact) mass is 321 g/mol. The third-order valence-electron chi connectivity index (χ3n) is 4.14. The number of para-hydroxylation sites is 1. The van der Waals surface area contributed by atoms with E-state index in [0.717, 1.165) is 33.4 Å². The second-order valence-corrected chi connectivity index (χ2v) is 5.75. The average Bonchev–Trinajstić information content (AvgIpc) is 2.69. The van der Waals surface area contributed by atoms with Crippen LogP contribution in [-0.4, -0.2) is 4.98 Å². The van der Waals surface area contributed by atoms with Crippen LogP contribution in [0.1, 0.15) is 5.56 Å². The van der Waals surface area contributed by atoms with Crippen LogP contribution in [0.25, 0.3) is 22.0 Å². The zero-order valence-corrected chi connectivity index (χ0v) is 13.5. The summed E-state index contributed by atoms with van der Waals surface area (Å²) in [5.74, 6) is 0. The lowest BCUT2D eigenvalue weighted by Gasteiger charge is -2.12. The van der Waals surface area contributed by atoms with E-state index in [-0.39, 0.29) is 0 Å². The van der Waals surface area contributed by atoms with E-state index in [1.54, 1.807) is 6.20 Å². The van der Waals surface area contributed by atoms with E-state index in [1.165, 1.54) is 0 Å². The molecule has 0 radical (unpaired) electrons. The molecule has 0 fully saturated rings. The van der Waals surface area contributed by atoms with Crippen LogP contribution in [-0.2, 0) is 0 Å². The van der Waals surface area contributed by atoms with Gasteiger partial charge in [-0.2, -0.15) is 5.26 Å². The Balaban J connectivity index is 1.85. The van der Waals surface area contributed by atoms with Crippen molar-refractivity contribution in [3.05, 3.63) is 90.6 Å². The molecule has 0 aliphatic carbocycles.